The zero-order chi connectivity index (χ0) is 12.6. The second kappa shape index (κ2) is 7.65. The highest BCUT2D eigenvalue weighted by Gasteiger charge is 2.15. The number of unbranched alkanes of at least 4 members (excludes halogenated alkanes) is 1. The minimum absolute atomic E-state index is 0.156. The predicted molar refractivity (Wildman–Crippen MR) is 69.3 cm³/mol. The van der Waals surface area contributed by atoms with Gasteiger partial charge in [-0.05, 0) is 54.3 Å². The lowest BCUT2D eigenvalue weighted by molar-refractivity contribution is 0.302. The molecule has 0 aromatic rings. The SMILES string of the molecule is CC(CNCCCCC(C)(C)C#N)N(C)C. The molecular weight excluding hydrogens is 198 g/mol. The molecule has 0 saturated heterocycles. The average Bonchev–Trinajstić information content (AvgIpc) is 2.22. The van der Waals surface area contributed by atoms with Crippen molar-refractivity contribution in [2.24, 2.45) is 5.41 Å². The van der Waals surface area contributed by atoms with Crippen molar-refractivity contribution in [3.63, 3.8) is 0 Å². The number of nitrogens with one attached hydrogen (secondary N) is 1. The van der Waals surface area contributed by atoms with Crippen molar-refractivity contribution in [3.8, 4) is 6.07 Å². The summed E-state index contributed by atoms with van der Waals surface area (Å²) >= 11 is 0. The molecule has 16 heavy (non-hydrogen) atoms. The molecule has 0 aromatic heterocycles. The van der Waals surface area contributed by atoms with E-state index in [0.29, 0.717) is 6.04 Å². The van der Waals surface area contributed by atoms with Crippen molar-refractivity contribution in [1.82, 2.24) is 10.2 Å². The van der Waals surface area contributed by atoms with E-state index in [2.05, 4.69) is 37.3 Å². The Morgan fingerprint density at radius 2 is 1.94 bits per heavy atom. The maximum Gasteiger partial charge on any atom is 0.0683 e. The van der Waals surface area contributed by atoms with E-state index < -0.39 is 0 Å². The van der Waals surface area contributed by atoms with Crippen LogP contribution < -0.4 is 5.32 Å². The molecule has 0 spiro atoms. The molecule has 3 nitrogen and oxygen atoms in total. The van der Waals surface area contributed by atoms with E-state index in [4.69, 9.17) is 5.26 Å². The van der Waals surface area contributed by atoms with Crippen molar-refractivity contribution in [2.75, 3.05) is 27.2 Å². The first-order chi connectivity index (χ1) is 7.39. The summed E-state index contributed by atoms with van der Waals surface area (Å²) in [5.41, 5.74) is -0.156. The summed E-state index contributed by atoms with van der Waals surface area (Å²) < 4.78 is 0. The highest BCUT2D eigenvalue weighted by atomic mass is 15.1. The van der Waals surface area contributed by atoms with Gasteiger partial charge in [0.2, 0.25) is 0 Å². The first kappa shape index (κ1) is 15.4. The van der Waals surface area contributed by atoms with Crippen LogP contribution >= 0.6 is 0 Å². The van der Waals surface area contributed by atoms with Crippen LogP contribution in [0, 0.1) is 16.7 Å². The molecule has 0 aliphatic carbocycles. The average molecular weight is 225 g/mol. The molecule has 0 rings (SSSR count). The van der Waals surface area contributed by atoms with Gasteiger partial charge < -0.3 is 10.2 Å². The van der Waals surface area contributed by atoms with E-state index in [1.807, 2.05) is 13.8 Å². The zero-order valence-electron chi connectivity index (χ0n) is 11.5. The summed E-state index contributed by atoms with van der Waals surface area (Å²) in [5.74, 6) is 0. The van der Waals surface area contributed by atoms with Gasteiger partial charge in [-0.25, -0.2) is 0 Å². The van der Waals surface area contributed by atoms with Gasteiger partial charge in [0, 0.05) is 12.6 Å². The summed E-state index contributed by atoms with van der Waals surface area (Å²) in [4.78, 5) is 2.21. The van der Waals surface area contributed by atoms with E-state index in [-0.39, 0.29) is 5.41 Å². The molecule has 1 atom stereocenters. The lowest BCUT2D eigenvalue weighted by Crippen LogP contribution is -2.35. The first-order valence-electron chi connectivity index (χ1n) is 6.17. The molecule has 0 amide bonds. The van der Waals surface area contributed by atoms with E-state index in [1.165, 1.54) is 0 Å². The van der Waals surface area contributed by atoms with E-state index in [9.17, 15) is 0 Å². The van der Waals surface area contributed by atoms with Crippen LogP contribution in [0.5, 0.6) is 0 Å². The quantitative estimate of drug-likeness (QED) is 0.644. The molecule has 0 aromatic carbocycles. The number of hydrogen-bond donors (Lipinski definition) is 1. The summed E-state index contributed by atoms with van der Waals surface area (Å²) in [6.07, 6.45) is 3.28. The van der Waals surface area contributed by atoms with Crippen molar-refractivity contribution >= 4 is 0 Å². The fourth-order valence-corrected chi connectivity index (χ4v) is 1.37. The highest BCUT2D eigenvalue weighted by Crippen LogP contribution is 2.21. The third kappa shape index (κ3) is 7.67. The monoisotopic (exact) mass is 225 g/mol. The zero-order valence-corrected chi connectivity index (χ0v) is 11.5. The van der Waals surface area contributed by atoms with Gasteiger partial charge in [-0.1, -0.05) is 6.42 Å². The third-order valence-corrected chi connectivity index (χ3v) is 3.03. The number of hydrogen-bond acceptors (Lipinski definition) is 3. The fraction of sp³-hybridized carbons (Fsp3) is 0.923. The van der Waals surface area contributed by atoms with Crippen molar-refractivity contribution in [1.29, 1.82) is 5.26 Å². The highest BCUT2D eigenvalue weighted by molar-refractivity contribution is 4.91. The van der Waals surface area contributed by atoms with E-state index >= 15 is 0 Å². The Kier molecular flexibility index (Phi) is 7.36. The van der Waals surface area contributed by atoms with Gasteiger partial charge in [0.05, 0.1) is 11.5 Å². The number of nitrogens with zero attached hydrogens (tertiary/aromatic N) is 2. The Bertz CT molecular complexity index is 216. The summed E-state index contributed by atoms with van der Waals surface area (Å²) in [6.45, 7) is 8.32. The Hall–Kier alpha value is -0.590. The Balaban J connectivity index is 3.39. The molecule has 0 heterocycles. The van der Waals surface area contributed by atoms with Crippen molar-refractivity contribution in [2.45, 2.75) is 46.1 Å². The normalized spacial score (nSPS) is 13.8. The smallest absolute Gasteiger partial charge is 0.0683 e. The Morgan fingerprint density at radius 1 is 1.31 bits per heavy atom. The number of rotatable bonds is 8. The fourth-order valence-electron chi connectivity index (χ4n) is 1.37. The van der Waals surface area contributed by atoms with Crippen LogP contribution in [0.4, 0.5) is 0 Å². The van der Waals surface area contributed by atoms with Gasteiger partial charge in [0.1, 0.15) is 0 Å². The second-order valence-corrected chi connectivity index (χ2v) is 5.47. The standard InChI is InChI=1S/C13H27N3/c1-12(16(4)5)10-15-9-7-6-8-13(2,3)11-14/h12,15H,6-10H2,1-5H3. The Labute approximate surface area is 101 Å². The summed E-state index contributed by atoms with van der Waals surface area (Å²) in [6, 6.07) is 2.92. The maximum absolute atomic E-state index is 8.86. The lowest BCUT2D eigenvalue weighted by Gasteiger charge is -2.20. The van der Waals surface area contributed by atoms with Gasteiger partial charge in [-0.15, -0.1) is 0 Å². The van der Waals surface area contributed by atoms with Crippen LogP contribution in [-0.2, 0) is 0 Å². The minimum Gasteiger partial charge on any atom is -0.315 e. The van der Waals surface area contributed by atoms with Crippen LogP contribution in [-0.4, -0.2) is 38.1 Å². The minimum atomic E-state index is -0.156. The number of nitriles is 1. The van der Waals surface area contributed by atoms with Crippen LogP contribution in [0.1, 0.15) is 40.0 Å². The van der Waals surface area contributed by atoms with Crippen LogP contribution in [0.2, 0.25) is 0 Å². The van der Waals surface area contributed by atoms with Gasteiger partial charge >= 0.3 is 0 Å². The van der Waals surface area contributed by atoms with Gasteiger partial charge in [0.25, 0.3) is 0 Å². The molecule has 1 N–H and O–H groups in total. The van der Waals surface area contributed by atoms with Crippen LogP contribution in [0.3, 0.4) is 0 Å². The van der Waals surface area contributed by atoms with Crippen LogP contribution in [0.25, 0.3) is 0 Å². The van der Waals surface area contributed by atoms with Gasteiger partial charge in [0.15, 0.2) is 0 Å². The second-order valence-electron chi connectivity index (χ2n) is 5.47. The molecule has 0 fully saturated rings. The van der Waals surface area contributed by atoms with Crippen molar-refractivity contribution < 1.29 is 0 Å². The molecule has 94 valence electrons. The Morgan fingerprint density at radius 3 is 2.44 bits per heavy atom. The molecule has 0 saturated carbocycles. The molecular formula is C13H27N3. The third-order valence-electron chi connectivity index (χ3n) is 3.03. The molecule has 1 unspecified atom stereocenters. The van der Waals surface area contributed by atoms with Crippen molar-refractivity contribution in [3.05, 3.63) is 0 Å². The summed E-state index contributed by atoms with van der Waals surface area (Å²) in [7, 11) is 4.20. The van der Waals surface area contributed by atoms with Gasteiger partial charge in [-0.2, -0.15) is 5.26 Å². The lowest BCUT2D eigenvalue weighted by atomic mass is 9.89. The molecule has 3 heteroatoms. The van der Waals surface area contributed by atoms with E-state index in [1.54, 1.807) is 0 Å². The molecule has 0 aliphatic rings. The molecule has 0 aliphatic heterocycles. The largest absolute Gasteiger partial charge is 0.315 e. The molecule has 0 bridgehead atoms. The first-order valence-corrected chi connectivity index (χ1v) is 6.17. The predicted octanol–water partition coefficient (Wildman–Crippen LogP) is 2.25. The van der Waals surface area contributed by atoms with E-state index in [0.717, 1.165) is 32.4 Å². The van der Waals surface area contributed by atoms with Crippen LogP contribution in [0.15, 0.2) is 0 Å². The molecule has 0 radical (unpaired) electrons. The van der Waals surface area contributed by atoms with Gasteiger partial charge in [-0.3, -0.25) is 0 Å². The maximum atomic E-state index is 8.86. The summed E-state index contributed by atoms with van der Waals surface area (Å²) in [5, 5.41) is 12.3. The number of likely N-dealkylation sites (N-methyl/N-ethyl adjacent to an activating group) is 1. The topological polar surface area (TPSA) is 39.1 Å².